The Morgan fingerprint density at radius 1 is 1.25 bits per heavy atom. The Balaban J connectivity index is 1.90. The Labute approximate surface area is 117 Å². The van der Waals surface area contributed by atoms with Gasteiger partial charge in [-0.2, -0.15) is 0 Å². The largest absolute Gasteiger partial charge is 0.508 e. The molecule has 0 saturated heterocycles. The molecule has 5 nitrogen and oxygen atoms in total. The van der Waals surface area contributed by atoms with E-state index in [4.69, 9.17) is 0 Å². The molecule has 1 heterocycles. The number of hydrogen-bond donors (Lipinski definition) is 3. The molecule has 1 amide bonds. The lowest BCUT2D eigenvalue weighted by molar-refractivity contribution is 0.0954. The Bertz CT molecular complexity index is 582. The zero-order valence-corrected chi connectivity index (χ0v) is 11.3. The molecule has 5 heteroatoms. The summed E-state index contributed by atoms with van der Waals surface area (Å²) >= 11 is 0. The van der Waals surface area contributed by atoms with Gasteiger partial charge >= 0.3 is 0 Å². The minimum absolute atomic E-state index is 0.152. The van der Waals surface area contributed by atoms with Crippen molar-refractivity contribution in [2.45, 2.75) is 6.42 Å². The fourth-order valence-electron chi connectivity index (χ4n) is 1.87. The Kier molecular flexibility index (Phi) is 4.55. The van der Waals surface area contributed by atoms with Gasteiger partial charge in [-0.15, -0.1) is 0 Å². The van der Waals surface area contributed by atoms with Crippen LogP contribution in [-0.2, 0) is 6.42 Å². The van der Waals surface area contributed by atoms with Crippen LogP contribution < -0.4 is 10.6 Å². The van der Waals surface area contributed by atoms with Crippen LogP contribution in [0.3, 0.4) is 0 Å². The molecule has 0 atom stereocenters. The SMILES string of the molecule is CNc1ncccc1C(=O)NCCc1ccc(O)cc1. The predicted molar refractivity (Wildman–Crippen MR) is 77.9 cm³/mol. The molecule has 0 bridgehead atoms. The van der Waals surface area contributed by atoms with E-state index in [1.165, 1.54) is 0 Å². The first-order valence-corrected chi connectivity index (χ1v) is 6.39. The summed E-state index contributed by atoms with van der Waals surface area (Å²) in [6.07, 6.45) is 2.35. The molecule has 104 valence electrons. The highest BCUT2D eigenvalue weighted by atomic mass is 16.3. The molecule has 0 aliphatic heterocycles. The fraction of sp³-hybridized carbons (Fsp3) is 0.200. The van der Waals surface area contributed by atoms with Crippen molar-refractivity contribution in [1.29, 1.82) is 0 Å². The molecule has 1 aromatic heterocycles. The van der Waals surface area contributed by atoms with Crippen LogP contribution in [0.25, 0.3) is 0 Å². The number of aromatic hydroxyl groups is 1. The molecule has 1 aromatic carbocycles. The Morgan fingerprint density at radius 2 is 2.00 bits per heavy atom. The number of phenolic OH excluding ortho intramolecular Hbond substituents is 1. The topological polar surface area (TPSA) is 74.2 Å². The number of phenols is 1. The molecule has 0 aliphatic rings. The van der Waals surface area contributed by atoms with E-state index in [1.54, 1.807) is 37.5 Å². The first-order valence-electron chi connectivity index (χ1n) is 6.39. The van der Waals surface area contributed by atoms with Crippen molar-refractivity contribution in [2.75, 3.05) is 18.9 Å². The minimum atomic E-state index is -0.152. The number of hydrogen-bond acceptors (Lipinski definition) is 4. The number of nitrogens with one attached hydrogen (secondary N) is 2. The molecule has 0 aliphatic carbocycles. The van der Waals surface area contributed by atoms with Crippen molar-refractivity contribution in [3.63, 3.8) is 0 Å². The number of amides is 1. The molecule has 20 heavy (non-hydrogen) atoms. The molecule has 2 rings (SSSR count). The van der Waals surface area contributed by atoms with Crippen LogP contribution in [-0.4, -0.2) is 29.6 Å². The zero-order valence-electron chi connectivity index (χ0n) is 11.3. The molecule has 0 radical (unpaired) electrons. The number of carbonyl (C=O) groups is 1. The van der Waals surface area contributed by atoms with E-state index in [0.717, 1.165) is 5.56 Å². The normalized spacial score (nSPS) is 10.1. The Morgan fingerprint density at radius 3 is 2.70 bits per heavy atom. The standard InChI is InChI=1S/C15H17N3O2/c1-16-14-13(3-2-9-17-14)15(20)18-10-8-11-4-6-12(19)7-5-11/h2-7,9,19H,8,10H2,1H3,(H,16,17)(H,18,20). The van der Waals surface area contributed by atoms with Gasteiger partial charge in [0.2, 0.25) is 0 Å². The van der Waals surface area contributed by atoms with Crippen LogP contribution in [0.1, 0.15) is 15.9 Å². The summed E-state index contributed by atoms with van der Waals surface area (Å²) in [6, 6.07) is 10.4. The van der Waals surface area contributed by atoms with Crippen molar-refractivity contribution in [1.82, 2.24) is 10.3 Å². The number of aromatic nitrogens is 1. The van der Waals surface area contributed by atoms with Gasteiger partial charge < -0.3 is 15.7 Å². The first kappa shape index (κ1) is 13.9. The van der Waals surface area contributed by atoms with Crippen LogP contribution in [0.4, 0.5) is 5.82 Å². The van der Waals surface area contributed by atoms with Crippen LogP contribution >= 0.6 is 0 Å². The average molecular weight is 271 g/mol. The van der Waals surface area contributed by atoms with Crippen LogP contribution in [0.15, 0.2) is 42.6 Å². The lowest BCUT2D eigenvalue weighted by atomic mass is 10.1. The maximum Gasteiger partial charge on any atom is 0.255 e. The molecule has 0 saturated carbocycles. The summed E-state index contributed by atoms with van der Waals surface area (Å²) < 4.78 is 0. The van der Waals surface area contributed by atoms with Crippen LogP contribution in [0.2, 0.25) is 0 Å². The minimum Gasteiger partial charge on any atom is -0.508 e. The predicted octanol–water partition coefficient (Wildman–Crippen LogP) is 1.80. The number of benzene rings is 1. The van der Waals surface area contributed by atoms with Gasteiger partial charge in [-0.3, -0.25) is 4.79 Å². The lowest BCUT2D eigenvalue weighted by Crippen LogP contribution is -2.26. The number of rotatable bonds is 5. The zero-order chi connectivity index (χ0) is 14.4. The van der Waals surface area contributed by atoms with Gasteiger partial charge in [-0.05, 0) is 36.2 Å². The molecule has 2 aromatic rings. The van der Waals surface area contributed by atoms with E-state index in [0.29, 0.717) is 24.3 Å². The van der Waals surface area contributed by atoms with E-state index in [9.17, 15) is 9.90 Å². The quantitative estimate of drug-likeness (QED) is 0.775. The molecule has 0 unspecified atom stereocenters. The highest BCUT2D eigenvalue weighted by Gasteiger charge is 2.10. The van der Waals surface area contributed by atoms with E-state index in [-0.39, 0.29) is 11.7 Å². The molecular weight excluding hydrogens is 254 g/mol. The summed E-state index contributed by atoms with van der Waals surface area (Å²) in [5.41, 5.74) is 1.59. The summed E-state index contributed by atoms with van der Waals surface area (Å²) in [4.78, 5) is 16.1. The van der Waals surface area contributed by atoms with E-state index in [1.807, 2.05) is 12.1 Å². The second kappa shape index (κ2) is 6.56. The third-order valence-electron chi connectivity index (χ3n) is 2.92. The number of nitrogens with zero attached hydrogens (tertiary/aromatic N) is 1. The molecule has 0 spiro atoms. The number of anilines is 1. The van der Waals surface area contributed by atoms with Crippen molar-refractivity contribution in [2.24, 2.45) is 0 Å². The van der Waals surface area contributed by atoms with Gasteiger partial charge in [0.05, 0.1) is 5.56 Å². The van der Waals surface area contributed by atoms with Gasteiger partial charge in [0.25, 0.3) is 5.91 Å². The Hall–Kier alpha value is -2.56. The van der Waals surface area contributed by atoms with E-state index < -0.39 is 0 Å². The van der Waals surface area contributed by atoms with Gasteiger partial charge in [-0.1, -0.05) is 12.1 Å². The first-order chi connectivity index (χ1) is 9.70. The highest BCUT2D eigenvalue weighted by Crippen LogP contribution is 2.11. The summed E-state index contributed by atoms with van der Waals surface area (Å²) in [7, 11) is 1.73. The second-order valence-corrected chi connectivity index (χ2v) is 4.32. The van der Waals surface area contributed by atoms with Gasteiger partial charge in [0, 0.05) is 19.8 Å². The highest BCUT2D eigenvalue weighted by molar-refractivity contribution is 5.98. The van der Waals surface area contributed by atoms with Crippen molar-refractivity contribution in [3.8, 4) is 5.75 Å². The van der Waals surface area contributed by atoms with Crippen molar-refractivity contribution in [3.05, 3.63) is 53.7 Å². The third-order valence-corrected chi connectivity index (χ3v) is 2.92. The van der Waals surface area contributed by atoms with Gasteiger partial charge in [0.15, 0.2) is 0 Å². The number of carbonyl (C=O) groups excluding carboxylic acids is 1. The van der Waals surface area contributed by atoms with Crippen molar-refractivity contribution >= 4 is 11.7 Å². The van der Waals surface area contributed by atoms with E-state index in [2.05, 4.69) is 15.6 Å². The molecular formula is C15H17N3O2. The fourth-order valence-corrected chi connectivity index (χ4v) is 1.87. The number of pyridine rings is 1. The van der Waals surface area contributed by atoms with Gasteiger partial charge in [0.1, 0.15) is 11.6 Å². The summed E-state index contributed by atoms with van der Waals surface area (Å²) in [5.74, 6) is 0.655. The molecule has 0 fully saturated rings. The summed E-state index contributed by atoms with van der Waals surface area (Å²) in [5, 5.41) is 14.9. The lowest BCUT2D eigenvalue weighted by Gasteiger charge is -2.08. The maximum absolute atomic E-state index is 12.0. The second-order valence-electron chi connectivity index (χ2n) is 4.32. The monoisotopic (exact) mass is 271 g/mol. The van der Waals surface area contributed by atoms with Crippen LogP contribution in [0, 0.1) is 0 Å². The average Bonchev–Trinajstić information content (AvgIpc) is 2.49. The van der Waals surface area contributed by atoms with Gasteiger partial charge in [-0.25, -0.2) is 4.98 Å². The van der Waals surface area contributed by atoms with Crippen LogP contribution in [0.5, 0.6) is 5.75 Å². The van der Waals surface area contributed by atoms with E-state index >= 15 is 0 Å². The van der Waals surface area contributed by atoms with Crippen molar-refractivity contribution < 1.29 is 9.90 Å². The summed E-state index contributed by atoms with van der Waals surface area (Å²) in [6.45, 7) is 0.529. The maximum atomic E-state index is 12.0. The smallest absolute Gasteiger partial charge is 0.255 e. The third kappa shape index (κ3) is 3.47. The molecule has 3 N–H and O–H groups in total.